The molecule has 0 aromatic rings. The minimum Gasteiger partial charge on any atom is -0.478 e. The van der Waals surface area contributed by atoms with Gasteiger partial charge in [0.05, 0.1) is 32.2 Å². The number of esters is 2. The van der Waals surface area contributed by atoms with Gasteiger partial charge < -0.3 is 34.3 Å². The molecule has 0 bridgehead atoms. The van der Waals surface area contributed by atoms with Gasteiger partial charge in [0, 0.05) is 30.9 Å². The van der Waals surface area contributed by atoms with E-state index in [2.05, 4.69) is 13.8 Å². The first-order chi connectivity index (χ1) is 23.1. The number of ether oxygens (including phenoxy) is 4. The molecule has 1 spiro atoms. The lowest BCUT2D eigenvalue weighted by molar-refractivity contribution is -0.344. The van der Waals surface area contributed by atoms with E-state index in [1.807, 2.05) is 19.1 Å². The fraction of sp³-hybridized carbons (Fsp3) is 0.632. The lowest BCUT2D eigenvalue weighted by Gasteiger charge is -2.53. The predicted octanol–water partition coefficient (Wildman–Crippen LogP) is 6.61. The largest absolute Gasteiger partial charge is 0.478 e. The number of aliphatic hydroxyl groups excluding tert-OH is 1. The topological polar surface area (TPSA) is 166 Å². The van der Waals surface area contributed by atoms with Gasteiger partial charge in [-0.3, -0.25) is 9.59 Å². The molecule has 0 aromatic carbocycles. The highest BCUT2D eigenvalue weighted by Crippen LogP contribution is 2.48. The molecule has 0 saturated carbocycles. The predicted molar refractivity (Wildman–Crippen MR) is 184 cm³/mol. The average molecular weight is 689 g/mol. The number of rotatable bonds is 18. The number of carboxylic acid groups (broad SMARTS) is 2. The fourth-order valence-electron chi connectivity index (χ4n) is 6.10. The van der Waals surface area contributed by atoms with Crippen LogP contribution >= 0.6 is 0 Å². The van der Waals surface area contributed by atoms with Crippen LogP contribution in [0.3, 0.4) is 0 Å². The molecule has 0 amide bonds. The first kappa shape index (κ1) is 41.6. The van der Waals surface area contributed by atoms with Crippen molar-refractivity contribution in [2.45, 2.75) is 135 Å². The summed E-state index contributed by atoms with van der Waals surface area (Å²) in [5, 5.41) is 28.5. The first-order valence-electron chi connectivity index (χ1n) is 17.3. The van der Waals surface area contributed by atoms with Crippen molar-refractivity contribution in [2.75, 3.05) is 7.11 Å². The second-order valence-corrected chi connectivity index (χ2v) is 13.4. The van der Waals surface area contributed by atoms with Crippen molar-refractivity contribution >= 4 is 23.9 Å². The van der Waals surface area contributed by atoms with Gasteiger partial charge in [-0.25, -0.2) is 9.59 Å². The van der Waals surface area contributed by atoms with E-state index in [-0.39, 0.29) is 30.8 Å². The number of carbonyl (C=O) groups is 4. The van der Waals surface area contributed by atoms with Crippen LogP contribution in [0.15, 0.2) is 59.8 Å². The molecular formula is C38H56O11. The number of hydrogen-bond acceptors (Lipinski definition) is 9. The van der Waals surface area contributed by atoms with Crippen molar-refractivity contribution in [3.05, 3.63) is 59.8 Å². The van der Waals surface area contributed by atoms with Crippen LogP contribution in [0.25, 0.3) is 0 Å². The van der Waals surface area contributed by atoms with Gasteiger partial charge in [0.25, 0.3) is 0 Å². The van der Waals surface area contributed by atoms with E-state index in [1.54, 1.807) is 32.1 Å². The monoisotopic (exact) mass is 688 g/mol. The Morgan fingerprint density at radius 1 is 0.918 bits per heavy atom. The van der Waals surface area contributed by atoms with Gasteiger partial charge in [-0.2, -0.15) is 0 Å². The van der Waals surface area contributed by atoms with Crippen molar-refractivity contribution in [1.29, 1.82) is 0 Å². The third-order valence-corrected chi connectivity index (χ3v) is 9.25. The highest BCUT2D eigenvalue weighted by Gasteiger charge is 2.54. The number of unbranched alkanes of at least 4 members (excludes halogenated alkanes) is 2. The maximum absolute atomic E-state index is 13.1. The molecule has 7 atom stereocenters. The normalized spacial score (nSPS) is 27.9. The van der Waals surface area contributed by atoms with E-state index in [4.69, 9.17) is 24.1 Å². The Morgan fingerprint density at radius 3 is 2.29 bits per heavy atom. The van der Waals surface area contributed by atoms with E-state index in [0.29, 0.717) is 37.7 Å². The second kappa shape index (κ2) is 20.2. The van der Waals surface area contributed by atoms with E-state index in [9.17, 15) is 29.4 Å². The number of carboxylic acids is 2. The molecule has 11 nitrogen and oxygen atoms in total. The molecule has 2 aliphatic heterocycles. The maximum atomic E-state index is 13.1. The van der Waals surface area contributed by atoms with Crippen LogP contribution in [0.4, 0.5) is 0 Å². The quantitative estimate of drug-likeness (QED) is 0.0614. The van der Waals surface area contributed by atoms with Gasteiger partial charge in [-0.1, -0.05) is 75.6 Å². The summed E-state index contributed by atoms with van der Waals surface area (Å²) in [6.07, 6.45) is 16.7. The van der Waals surface area contributed by atoms with Crippen LogP contribution in [-0.4, -0.2) is 76.0 Å². The SMILES string of the molecule is CCCCC[C@@]1(OC(=O)CCC(=O)OC)CC[C@]2(CC[C@H](C)[C@@H](C/C=C(C)/C=C/[C@H](O)[C@@H](C)/C=C/C(=O)O)O2)O[C@H]1/C=C/C(C)=C/C(=O)O. The number of hydrogen-bond donors (Lipinski definition) is 3. The molecule has 2 heterocycles. The van der Waals surface area contributed by atoms with Gasteiger partial charge in [-0.15, -0.1) is 0 Å². The molecule has 0 unspecified atom stereocenters. The van der Waals surface area contributed by atoms with Gasteiger partial charge in [0.15, 0.2) is 5.79 Å². The van der Waals surface area contributed by atoms with Crippen molar-refractivity contribution in [3.63, 3.8) is 0 Å². The van der Waals surface area contributed by atoms with Crippen LogP contribution < -0.4 is 0 Å². The van der Waals surface area contributed by atoms with E-state index >= 15 is 0 Å². The number of carbonyl (C=O) groups excluding carboxylic acids is 2. The number of methoxy groups -OCH3 is 1. The summed E-state index contributed by atoms with van der Waals surface area (Å²) in [6, 6.07) is 0. The third-order valence-electron chi connectivity index (χ3n) is 9.25. The lowest BCUT2D eigenvalue weighted by Crippen LogP contribution is -2.59. The standard InChI is InChI=1S/C38H56O11/c1-7-8-9-21-37(49-36(45)19-18-35(44)46-6)23-24-38(48-32(37)16-12-27(3)25-34(42)43)22-20-29(5)31(47-38)15-11-26(2)10-14-30(39)28(4)13-17-33(40)41/h10-14,16-17,25,28-32,39H,7-9,15,18-24H2,1-6H3,(H,40,41)(H,42,43)/b14-10+,16-12+,17-13+,26-11+,27-25+/t28-,29-,30-,31+,32-,37+,38-/m0/s1. The minimum absolute atomic E-state index is 0.101. The zero-order valence-corrected chi connectivity index (χ0v) is 29.9. The third kappa shape index (κ3) is 14.1. The molecule has 49 heavy (non-hydrogen) atoms. The molecule has 0 radical (unpaired) electrons. The smallest absolute Gasteiger partial charge is 0.328 e. The molecule has 2 fully saturated rings. The fourth-order valence-corrected chi connectivity index (χ4v) is 6.10. The Bertz CT molecular complexity index is 1280. The summed E-state index contributed by atoms with van der Waals surface area (Å²) in [5.74, 6) is -4.24. The van der Waals surface area contributed by atoms with Gasteiger partial charge in [-0.05, 0) is 57.4 Å². The van der Waals surface area contributed by atoms with Crippen molar-refractivity contribution in [2.24, 2.45) is 11.8 Å². The molecule has 274 valence electrons. The summed E-state index contributed by atoms with van der Waals surface area (Å²) in [7, 11) is 1.27. The zero-order valence-electron chi connectivity index (χ0n) is 29.9. The van der Waals surface area contributed by atoms with Crippen molar-refractivity contribution in [1.82, 2.24) is 0 Å². The van der Waals surface area contributed by atoms with Crippen LogP contribution in [0.5, 0.6) is 0 Å². The first-order valence-corrected chi connectivity index (χ1v) is 17.3. The molecule has 2 saturated heterocycles. The second-order valence-electron chi connectivity index (χ2n) is 13.4. The molecule has 2 aliphatic rings. The van der Waals surface area contributed by atoms with Crippen LogP contribution in [0.2, 0.25) is 0 Å². The van der Waals surface area contributed by atoms with Crippen LogP contribution in [0, 0.1) is 11.8 Å². The summed E-state index contributed by atoms with van der Waals surface area (Å²) >= 11 is 0. The van der Waals surface area contributed by atoms with Crippen molar-refractivity contribution < 1.29 is 53.4 Å². The van der Waals surface area contributed by atoms with Crippen LogP contribution in [0.1, 0.15) is 105 Å². The number of allylic oxidation sites excluding steroid dienone is 4. The van der Waals surface area contributed by atoms with Gasteiger partial charge in [0.2, 0.25) is 0 Å². The molecule has 3 N–H and O–H groups in total. The molecule has 11 heteroatoms. The maximum Gasteiger partial charge on any atom is 0.328 e. The minimum atomic E-state index is -1.07. The summed E-state index contributed by atoms with van der Waals surface area (Å²) in [6.45, 7) is 9.56. The average Bonchev–Trinajstić information content (AvgIpc) is 3.05. The number of aliphatic hydroxyl groups is 1. The van der Waals surface area contributed by atoms with E-state index < -0.39 is 47.5 Å². The van der Waals surface area contributed by atoms with Crippen LogP contribution in [-0.2, 0) is 38.1 Å². The Balaban J connectivity index is 2.33. The number of aliphatic carboxylic acids is 2. The Hall–Kier alpha value is -3.54. The Labute approximate surface area is 290 Å². The van der Waals surface area contributed by atoms with E-state index in [0.717, 1.165) is 43.4 Å². The highest BCUT2D eigenvalue weighted by molar-refractivity contribution is 5.81. The van der Waals surface area contributed by atoms with E-state index in [1.165, 1.54) is 13.2 Å². The summed E-state index contributed by atoms with van der Waals surface area (Å²) in [4.78, 5) is 47.0. The molecule has 0 aliphatic carbocycles. The summed E-state index contributed by atoms with van der Waals surface area (Å²) < 4.78 is 24.5. The Kier molecular flexibility index (Phi) is 17.2. The zero-order chi connectivity index (χ0) is 36.6. The Morgan fingerprint density at radius 2 is 1.63 bits per heavy atom. The molecule has 2 rings (SSSR count). The molecular weight excluding hydrogens is 632 g/mol. The van der Waals surface area contributed by atoms with Crippen molar-refractivity contribution in [3.8, 4) is 0 Å². The lowest BCUT2D eigenvalue weighted by atomic mass is 9.78. The van der Waals surface area contributed by atoms with Gasteiger partial charge in [0.1, 0.15) is 11.7 Å². The van der Waals surface area contributed by atoms with Gasteiger partial charge >= 0.3 is 23.9 Å². The summed E-state index contributed by atoms with van der Waals surface area (Å²) in [5.41, 5.74) is 0.384. The highest BCUT2D eigenvalue weighted by atomic mass is 16.7. The molecule has 0 aromatic heterocycles.